The minimum absolute atomic E-state index is 0.106. The zero-order valence-electron chi connectivity index (χ0n) is 13.1. The molecule has 0 aliphatic heterocycles. The molecule has 24 heavy (non-hydrogen) atoms. The molecule has 6 nitrogen and oxygen atoms in total. The smallest absolute Gasteiger partial charge is 0.416 e. The first-order chi connectivity index (χ1) is 11.2. The van der Waals surface area contributed by atoms with Gasteiger partial charge in [-0.3, -0.25) is 14.4 Å². The van der Waals surface area contributed by atoms with Gasteiger partial charge in [0.2, 0.25) is 5.91 Å². The lowest BCUT2D eigenvalue weighted by Gasteiger charge is -2.20. The summed E-state index contributed by atoms with van der Waals surface area (Å²) in [5.41, 5.74) is -0.783. The molecule has 1 rings (SSSR count). The number of benzene rings is 1. The van der Waals surface area contributed by atoms with Crippen molar-refractivity contribution in [3.05, 3.63) is 35.4 Å². The molecule has 1 aromatic rings. The third kappa shape index (κ3) is 5.90. The van der Waals surface area contributed by atoms with Gasteiger partial charge < -0.3 is 14.4 Å². The average molecular weight is 347 g/mol. The molecule has 0 radical (unpaired) electrons. The van der Waals surface area contributed by atoms with Gasteiger partial charge in [0, 0.05) is 0 Å². The Labute approximate surface area is 136 Å². The van der Waals surface area contributed by atoms with E-state index in [-0.39, 0.29) is 5.56 Å². The standard InChI is InChI=1S/C15H16F3NO5/c1-23-13(21)8-19(9-14(22)24-2)12(20)7-10-4-3-5-11(6-10)15(16,17)18/h3-6H,7-9H2,1-2H3. The Kier molecular flexibility index (Phi) is 6.75. The van der Waals surface area contributed by atoms with Crippen LogP contribution in [0.25, 0.3) is 0 Å². The lowest BCUT2D eigenvalue weighted by molar-refractivity contribution is -0.151. The number of alkyl halides is 3. The van der Waals surface area contributed by atoms with Crippen LogP contribution in [0.1, 0.15) is 11.1 Å². The van der Waals surface area contributed by atoms with Crippen molar-refractivity contribution in [2.24, 2.45) is 0 Å². The summed E-state index contributed by atoms with van der Waals surface area (Å²) in [4.78, 5) is 35.7. The van der Waals surface area contributed by atoms with Crippen LogP contribution in [0, 0.1) is 0 Å². The van der Waals surface area contributed by atoms with Gasteiger partial charge in [-0.1, -0.05) is 18.2 Å². The highest BCUT2D eigenvalue weighted by Gasteiger charge is 2.30. The normalized spacial score (nSPS) is 10.9. The van der Waals surface area contributed by atoms with Gasteiger partial charge in [0.1, 0.15) is 13.1 Å². The quantitative estimate of drug-likeness (QED) is 0.728. The maximum Gasteiger partial charge on any atom is 0.416 e. The number of carbonyl (C=O) groups is 3. The van der Waals surface area contributed by atoms with Crippen LogP contribution in [0.2, 0.25) is 0 Å². The Morgan fingerprint density at radius 3 is 2.04 bits per heavy atom. The molecule has 0 spiro atoms. The van der Waals surface area contributed by atoms with E-state index in [1.54, 1.807) is 0 Å². The summed E-state index contributed by atoms with van der Waals surface area (Å²) in [5, 5.41) is 0. The Bertz CT molecular complexity index is 597. The second-order valence-corrected chi connectivity index (χ2v) is 4.78. The first-order valence-electron chi connectivity index (χ1n) is 6.75. The SMILES string of the molecule is COC(=O)CN(CC(=O)OC)C(=O)Cc1cccc(C(F)(F)F)c1. The number of amides is 1. The minimum atomic E-state index is -4.53. The van der Waals surface area contributed by atoms with Gasteiger partial charge in [0.05, 0.1) is 26.2 Å². The van der Waals surface area contributed by atoms with Crippen LogP contribution < -0.4 is 0 Å². The predicted octanol–water partition coefficient (Wildman–Crippen LogP) is 1.42. The lowest BCUT2D eigenvalue weighted by atomic mass is 10.1. The topological polar surface area (TPSA) is 72.9 Å². The first-order valence-corrected chi connectivity index (χ1v) is 6.75. The van der Waals surface area contributed by atoms with Crippen molar-refractivity contribution in [1.82, 2.24) is 4.90 Å². The largest absolute Gasteiger partial charge is 0.468 e. The predicted molar refractivity (Wildman–Crippen MR) is 75.8 cm³/mol. The molecule has 0 saturated heterocycles. The number of carbonyl (C=O) groups excluding carboxylic acids is 3. The van der Waals surface area contributed by atoms with Gasteiger partial charge in [-0.15, -0.1) is 0 Å². The van der Waals surface area contributed by atoms with Crippen molar-refractivity contribution in [2.45, 2.75) is 12.6 Å². The van der Waals surface area contributed by atoms with Gasteiger partial charge in [0.25, 0.3) is 0 Å². The number of hydrogen-bond donors (Lipinski definition) is 0. The molecular formula is C15H16F3NO5. The fourth-order valence-electron chi connectivity index (χ4n) is 1.82. The number of methoxy groups -OCH3 is 2. The van der Waals surface area contributed by atoms with Crippen LogP contribution in [0.4, 0.5) is 13.2 Å². The van der Waals surface area contributed by atoms with E-state index >= 15 is 0 Å². The number of nitrogens with zero attached hydrogens (tertiary/aromatic N) is 1. The Morgan fingerprint density at radius 1 is 1.04 bits per heavy atom. The highest BCUT2D eigenvalue weighted by atomic mass is 19.4. The van der Waals surface area contributed by atoms with Crippen LogP contribution in [0.15, 0.2) is 24.3 Å². The van der Waals surface area contributed by atoms with E-state index in [4.69, 9.17) is 0 Å². The summed E-state index contributed by atoms with van der Waals surface area (Å²) in [6, 6.07) is 4.25. The van der Waals surface area contributed by atoms with E-state index in [0.29, 0.717) is 0 Å². The second-order valence-electron chi connectivity index (χ2n) is 4.78. The number of halogens is 3. The summed E-state index contributed by atoms with van der Waals surface area (Å²) in [7, 11) is 2.21. The van der Waals surface area contributed by atoms with Gasteiger partial charge in [-0.25, -0.2) is 0 Å². The fourth-order valence-corrected chi connectivity index (χ4v) is 1.82. The van der Waals surface area contributed by atoms with E-state index in [1.807, 2.05) is 0 Å². The van der Waals surface area contributed by atoms with Gasteiger partial charge >= 0.3 is 18.1 Å². The van der Waals surface area contributed by atoms with Crippen LogP contribution in [-0.4, -0.2) is 50.1 Å². The molecule has 0 saturated carbocycles. The number of esters is 2. The molecule has 0 bridgehead atoms. The Balaban J connectivity index is 2.90. The summed E-state index contributed by atoms with van der Waals surface area (Å²) in [6.45, 7) is -1.02. The fraction of sp³-hybridized carbons (Fsp3) is 0.400. The molecule has 0 aromatic heterocycles. The summed E-state index contributed by atoms with van der Waals surface area (Å²) < 4.78 is 46.9. The third-order valence-corrected chi connectivity index (χ3v) is 3.06. The molecule has 9 heteroatoms. The highest BCUT2D eigenvalue weighted by molar-refractivity contribution is 5.87. The second kappa shape index (κ2) is 8.32. The van der Waals surface area contributed by atoms with Crippen molar-refractivity contribution < 1.29 is 37.0 Å². The van der Waals surface area contributed by atoms with E-state index in [0.717, 1.165) is 31.3 Å². The van der Waals surface area contributed by atoms with Crippen LogP contribution in [0.3, 0.4) is 0 Å². The summed E-state index contributed by atoms with van der Waals surface area (Å²) >= 11 is 0. The summed E-state index contributed by atoms with van der Waals surface area (Å²) in [5.74, 6) is -2.24. The van der Waals surface area contributed by atoms with Crippen LogP contribution >= 0.6 is 0 Å². The van der Waals surface area contributed by atoms with Crippen molar-refractivity contribution in [2.75, 3.05) is 27.3 Å². The van der Waals surface area contributed by atoms with E-state index in [1.165, 1.54) is 12.1 Å². The van der Waals surface area contributed by atoms with Crippen molar-refractivity contribution >= 4 is 17.8 Å². The van der Waals surface area contributed by atoms with Crippen molar-refractivity contribution in [3.8, 4) is 0 Å². The molecule has 1 amide bonds. The molecule has 0 aliphatic rings. The average Bonchev–Trinajstić information content (AvgIpc) is 2.53. The zero-order valence-corrected chi connectivity index (χ0v) is 13.1. The van der Waals surface area contributed by atoms with Gasteiger partial charge in [-0.05, 0) is 11.6 Å². The molecule has 0 fully saturated rings. The molecule has 0 atom stereocenters. The first kappa shape index (κ1) is 19.5. The minimum Gasteiger partial charge on any atom is -0.468 e. The number of ether oxygens (including phenoxy) is 2. The van der Waals surface area contributed by atoms with Crippen LogP contribution in [-0.2, 0) is 36.5 Å². The number of rotatable bonds is 6. The number of hydrogen-bond acceptors (Lipinski definition) is 5. The third-order valence-electron chi connectivity index (χ3n) is 3.06. The Morgan fingerprint density at radius 2 is 1.58 bits per heavy atom. The Hall–Kier alpha value is -2.58. The summed E-state index contributed by atoms with van der Waals surface area (Å²) in [6.07, 6.45) is -4.94. The molecule has 0 N–H and O–H groups in total. The van der Waals surface area contributed by atoms with E-state index < -0.39 is 49.1 Å². The van der Waals surface area contributed by atoms with Gasteiger partial charge in [0.15, 0.2) is 0 Å². The maximum absolute atomic E-state index is 12.7. The molecule has 0 aliphatic carbocycles. The molecule has 132 valence electrons. The van der Waals surface area contributed by atoms with Crippen molar-refractivity contribution in [3.63, 3.8) is 0 Å². The van der Waals surface area contributed by atoms with Crippen molar-refractivity contribution in [1.29, 1.82) is 0 Å². The zero-order chi connectivity index (χ0) is 18.3. The maximum atomic E-state index is 12.7. The molecule has 0 unspecified atom stereocenters. The monoisotopic (exact) mass is 347 g/mol. The highest BCUT2D eigenvalue weighted by Crippen LogP contribution is 2.29. The molecule has 0 heterocycles. The molecular weight excluding hydrogens is 331 g/mol. The molecule has 1 aromatic carbocycles. The van der Waals surface area contributed by atoms with E-state index in [2.05, 4.69) is 9.47 Å². The van der Waals surface area contributed by atoms with Gasteiger partial charge in [-0.2, -0.15) is 13.2 Å². The van der Waals surface area contributed by atoms with E-state index in [9.17, 15) is 27.6 Å². The lowest BCUT2D eigenvalue weighted by Crippen LogP contribution is -2.41. The van der Waals surface area contributed by atoms with Crippen LogP contribution in [0.5, 0.6) is 0 Å².